The fourth-order valence-corrected chi connectivity index (χ4v) is 4.21. The maximum atomic E-state index is 9.07. The largest absolute Gasteiger partial charge is 0.309 e. The molecule has 20 heavy (non-hydrogen) atoms. The van der Waals surface area contributed by atoms with Crippen molar-refractivity contribution in [1.82, 2.24) is 5.32 Å². The molecule has 1 spiro atoms. The van der Waals surface area contributed by atoms with Crippen LogP contribution in [0, 0.1) is 16.6 Å². The van der Waals surface area contributed by atoms with Crippen LogP contribution >= 0.6 is 0 Å². The van der Waals surface area contributed by atoms with Gasteiger partial charge in [-0.3, -0.25) is 0 Å². The summed E-state index contributed by atoms with van der Waals surface area (Å²) < 4.78 is 0. The monoisotopic (exact) mass is 266 g/mol. The van der Waals surface area contributed by atoms with Crippen molar-refractivity contribution in [3.63, 3.8) is 0 Å². The molecule has 3 rings (SSSR count). The van der Waals surface area contributed by atoms with Crippen molar-refractivity contribution in [2.75, 3.05) is 0 Å². The molecule has 1 saturated carbocycles. The number of nitrogens with zero attached hydrogens (tertiary/aromatic N) is 1. The first kappa shape index (κ1) is 13.7. The van der Waals surface area contributed by atoms with Gasteiger partial charge in [0.1, 0.15) is 0 Å². The van der Waals surface area contributed by atoms with E-state index in [1.54, 1.807) is 0 Å². The molecule has 2 aliphatic rings. The maximum absolute atomic E-state index is 9.07. The first-order valence-corrected chi connectivity index (χ1v) is 7.99. The molecule has 1 atom stereocenters. The first-order valence-electron chi connectivity index (χ1n) is 7.99. The molecule has 2 nitrogen and oxygen atoms in total. The van der Waals surface area contributed by atoms with Crippen LogP contribution in [0.5, 0.6) is 0 Å². The average molecular weight is 266 g/mol. The summed E-state index contributed by atoms with van der Waals surface area (Å²) in [6.07, 6.45) is 8.74. The van der Waals surface area contributed by atoms with Crippen LogP contribution < -0.4 is 5.32 Å². The van der Waals surface area contributed by atoms with Crippen molar-refractivity contribution in [3.05, 3.63) is 35.9 Å². The lowest BCUT2D eigenvalue weighted by molar-refractivity contribution is 0.196. The second-order valence-electron chi connectivity index (χ2n) is 6.58. The molecule has 1 N–H and O–H groups in total. The molecule has 1 aromatic carbocycles. The number of nitriles is 1. The highest BCUT2D eigenvalue weighted by molar-refractivity contribution is 6.67. The minimum atomic E-state index is 0.316. The molecule has 2 fully saturated rings. The quantitative estimate of drug-likeness (QED) is 0.847. The molecule has 1 aliphatic carbocycles. The Balaban J connectivity index is 1.60. The van der Waals surface area contributed by atoms with Gasteiger partial charge in [0.25, 0.3) is 6.71 Å². The molecule has 104 valence electrons. The van der Waals surface area contributed by atoms with Crippen LogP contribution in [0.2, 0.25) is 12.6 Å². The van der Waals surface area contributed by atoms with Crippen LogP contribution in [0.4, 0.5) is 0 Å². The Kier molecular flexibility index (Phi) is 4.12. The molecular weight excluding hydrogens is 243 g/mol. The van der Waals surface area contributed by atoms with Gasteiger partial charge in [0.2, 0.25) is 0 Å². The summed E-state index contributed by atoms with van der Waals surface area (Å²) in [7, 11) is 0. The summed E-state index contributed by atoms with van der Waals surface area (Å²) in [6, 6.07) is 11.3. The van der Waals surface area contributed by atoms with E-state index in [1.165, 1.54) is 37.7 Å². The van der Waals surface area contributed by atoms with E-state index >= 15 is 0 Å². The van der Waals surface area contributed by atoms with Gasteiger partial charge in [0.15, 0.2) is 0 Å². The van der Waals surface area contributed by atoms with E-state index in [1.807, 2.05) is 0 Å². The molecular formula is C17H23BN2. The predicted octanol–water partition coefficient (Wildman–Crippen LogP) is 3.67. The zero-order valence-corrected chi connectivity index (χ0v) is 12.1. The number of nitrogens with one attached hydrogen (secondary N) is 1. The fraction of sp³-hybridized carbons (Fsp3) is 0.588. The van der Waals surface area contributed by atoms with Gasteiger partial charge >= 0.3 is 0 Å². The van der Waals surface area contributed by atoms with E-state index in [4.69, 9.17) is 5.26 Å². The Bertz CT molecular complexity index is 472. The van der Waals surface area contributed by atoms with E-state index in [-0.39, 0.29) is 0 Å². The number of hydrogen-bond donors (Lipinski definition) is 1. The molecule has 0 amide bonds. The van der Waals surface area contributed by atoms with E-state index in [2.05, 4.69) is 41.6 Å². The summed E-state index contributed by atoms with van der Waals surface area (Å²) in [5.41, 5.74) is 1.86. The zero-order valence-electron chi connectivity index (χ0n) is 12.1. The highest BCUT2D eigenvalue weighted by atomic mass is 14.9. The molecule has 1 aromatic rings. The van der Waals surface area contributed by atoms with E-state index < -0.39 is 0 Å². The van der Waals surface area contributed by atoms with Gasteiger partial charge in [0, 0.05) is 18.6 Å². The van der Waals surface area contributed by atoms with E-state index in [0.717, 1.165) is 19.2 Å². The van der Waals surface area contributed by atoms with Gasteiger partial charge in [0.05, 0.1) is 0 Å². The number of benzene rings is 1. The van der Waals surface area contributed by atoms with Crippen LogP contribution in [0.1, 0.15) is 37.7 Å². The van der Waals surface area contributed by atoms with Crippen molar-refractivity contribution in [1.29, 1.82) is 5.26 Å². The Morgan fingerprint density at radius 3 is 2.65 bits per heavy atom. The molecule has 3 heteroatoms. The average Bonchev–Trinajstić information content (AvgIpc) is 2.89. The Labute approximate surface area is 122 Å². The Morgan fingerprint density at radius 1 is 1.20 bits per heavy atom. The van der Waals surface area contributed by atoms with Crippen LogP contribution in [0.15, 0.2) is 30.3 Å². The molecule has 0 radical (unpaired) electrons. The molecule has 1 heterocycles. The van der Waals surface area contributed by atoms with Crippen LogP contribution in [-0.2, 0) is 6.54 Å². The van der Waals surface area contributed by atoms with Gasteiger partial charge in [-0.25, -0.2) is 5.26 Å². The smallest absolute Gasteiger partial charge is 0.267 e. The lowest BCUT2D eigenvalue weighted by Crippen LogP contribution is -2.44. The molecule has 0 bridgehead atoms. The zero-order chi connectivity index (χ0) is 13.8. The molecule has 0 aromatic heterocycles. The maximum Gasteiger partial charge on any atom is 0.267 e. The molecule has 1 aliphatic heterocycles. The second-order valence-corrected chi connectivity index (χ2v) is 6.58. The minimum absolute atomic E-state index is 0.316. The molecule has 1 saturated heterocycles. The lowest BCUT2D eigenvalue weighted by atomic mass is 9.39. The third kappa shape index (κ3) is 2.76. The van der Waals surface area contributed by atoms with E-state index in [9.17, 15) is 0 Å². The highest BCUT2D eigenvalue weighted by Gasteiger charge is 2.45. The van der Waals surface area contributed by atoms with Crippen LogP contribution in [0.25, 0.3) is 0 Å². The topological polar surface area (TPSA) is 35.8 Å². The number of hydrogen-bond acceptors (Lipinski definition) is 2. The minimum Gasteiger partial charge on any atom is -0.309 e. The van der Waals surface area contributed by atoms with E-state index in [0.29, 0.717) is 18.2 Å². The lowest BCUT2D eigenvalue weighted by Gasteiger charge is -2.40. The van der Waals surface area contributed by atoms with Crippen molar-refractivity contribution < 1.29 is 0 Å². The van der Waals surface area contributed by atoms with Gasteiger partial charge in [-0.15, -0.1) is 0 Å². The van der Waals surface area contributed by atoms with Crippen molar-refractivity contribution >= 4 is 6.71 Å². The SMILES string of the molecule is N#CB1CCC2(CCCC2NCc2ccccc2)CC1. The van der Waals surface area contributed by atoms with Crippen molar-refractivity contribution in [3.8, 4) is 5.97 Å². The highest BCUT2D eigenvalue weighted by Crippen LogP contribution is 2.49. The third-order valence-electron chi connectivity index (χ3n) is 5.47. The standard InChI is InChI=1S/C17H23BN2/c19-14-18-11-9-17(10-12-18)8-4-7-16(17)20-13-15-5-2-1-3-6-15/h1-3,5-6,16,20H,4,7-13H2. The van der Waals surface area contributed by atoms with Crippen molar-refractivity contribution in [2.24, 2.45) is 5.41 Å². The Hall–Kier alpha value is -1.27. The number of rotatable bonds is 3. The summed E-state index contributed by atoms with van der Waals surface area (Å²) in [4.78, 5) is 0. The van der Waals surface area contributed by atoms with Gasteiger partial charge < -0.3 is 5.32 Å². The fourth-order valence-electron chi connectivity index (χ4n) is 4.21. The van der Waals surface area contributed by atoms with Gasteiger partial charge in [-0.1, -0.05) is 62.2 Å². The predicted molar refractivity (Wildman–Crippen MR) is 83.6 cm³/mol. The summed E-state index contributed by atoms with van der Waals surface area (Å²) in [5, 5.41) is 12.9. The van der Waals surface area contributed by atoms with Crippen LogP contribution in [-0.4, -0.2) is 12.8 Å². The summed E-state index contributed by atoms with van der Waals surface area (Å²) >= 11 is 0. The molecule has 1 unspecified atom stereocenters. The third-order valence-corrected chi connectivity index (χ3v) is 5.47. The normalized spacial score (nSPS) is 24.8. The van der Waals surface area contributed by atoms with Gasteiger partial charge in [-0.2, -0.15) is 0 Å². The first-order chi connectivity index (χ1) is 9.82. The van der Waals surface area contributed by atoms with Gasteiger partial charge in [-0.05, 0) is 23.8 Å². The van der Waals surface area contributed by atoms with Crippen molar-refractivity contribution in [2.45, 2.75) is 57.3 Å². The van der Waals surface area contributed by atoms with Crippen LogP contribution in [0.3, 0.4) is 0 Å². The second kappa shape index (κ2) is 6.02. The summed E-state index contributed by atoms with van der Waals surface area (Å²) in [5.74, 6) is 2.46. The summed E-state index contributed by atoms with van der Waals surface area (Å²) in [6.45, 7) is 1.30. The Morgan fingerprint density at radius 2 is 1.95 bits per heavy atom.